The van der Waals surface area contributed by atoms with E-state index in [1.165, 1.54) is 11.0 Å². The maximum absolute atomic E-state index is 14.6. The molecule has 3 N–H and O–H groups in total. The van der Waals surface area contributed by atoms with E-state index in [1.807, 2.05) is 0 Å². The number of benzene rings is 2. The maximum atomic E-state index is 14.6. The molecule has 0 aliphatic carbocycles. The number of carbonyl (C=O) groups is 3. The Hall–Kier alpha value is -3.01. The van der Waals surface area contributed by atoms with E-state index < -0.39 is 11.9 Å². The van der Waals surface area contributed by atoms with Gasteiger partial charge < -0.3 is 25.6 Å². The van der Waals surface area contributed by atoms with Gasteiger partial charge in [0.15, 0.2) is 0 Å². The van der Waals surface area contributed by atoms with Gasteiger partial charge in [-0.2, -0.15) is 0 Å². The molecule has 4 rings (SSSR count). The van der Waals surface area contributed by atoms with Gasteiger partial charge in [0.05, 0.1) is 11.6 Å². The fourth-order valence-electron chi connectivity index (χ4n) is 5.11. The molecular formula is C26H31ClFN5O3. The molecule has 0 radical (unpaired) electrons. The second-order valence-corrected chi connectivity index (χ2v) is 9.54. The number of rotatable bonds is 7. The lowest BCUT2D eigenvalue weighted by Gasteiger charge is -2.41. The fraction of sp³-hybridized carbons (Fsp3) is 0.423. The van der Waals surface area contributed by atoms with Gasteiger partial charge in [0.1, 0.15) is 18.1 Å². The first-order chi connectivity index (χ1) is 17.4. The molecule has 2 heterocycles. The van der Waals surface area contributed by atoms with Crippen molar-refractivity contribution in [2.45, 2.75) is 24.9 Å². The number of hydrogen-bond donors (Lipinski definition) is 2. The van der Waals surface area contributed by atoms with Crippen LogP contribution in [0.15, 0.2) is 36.4 Å². The van der Waals surface area contributed by atoms with Gasteiger partial charge in [0, 0.05) is 56.0 Å². The van der Waals surface area contributed by atoms with Gasteiger partial charge >= 0.3 is 0 Å². The van der Waals surface area contributed by atoms with Crippen molar-refractivity contribution < 1.29 is 18.8 Å². The summed E-state index contributed by atoms with van der Waals surface area (Å²) in [4.78, 5) is 44.2. The average Bonchev–Trinajstić information content (AvgIpc) is 3.35. The Morgan fingerprint density at radius 1 is 1.19 bits per heavy atom. The first-order valence-corrected chi connectivity index (χ1v) is 12.5. The third kappa shape index (κ3) is 5.23. The molecule has 2 unspecified atom stereocenters. The van der Waals surface area contributed by atoms with E-state index in [9.17, 15) is 18.8 Å². The van der Waals surface area contributed by atoms with E-state index in [2.05, 4.69) is 10.2 Å². The van der Waals surface area contributed by atoms with Crippen LogP contribution in [-0.4, -0.2) is 91.2 Å². The highest BCUT2D eigenvalue weighted by Crippen LogP contribution is 2.30. The molecule has 0 bridgehead atoms. The minimum Gasteiger partial charge on any atom is -0.387 e. The molecule has 36 heavy (non-hydrogen) atoms. The maximum Gasteiger partial charge on any atom is 0.256 e. The van der Waals surface area contributed by atoms with E-state index in [1.54, 1.807) is 42.3 Å². The van der Waals surface area contributed by atoms with E-state index in [0.29, 0.717) is 48.3 Å². The van der Waals surface area contributed by atoms with Gasteiger partial charge in [-0.05, 0) is 55.3 Å². The summed E-state index contributed by atoms with van der Waals surface area (Å²) < 4.78 is 14.6. The minimum absolute atomic E-state index is 0.0176. The second kappa shape index (κ2) is 11.4. The molecule has 2 aromatic carbocycles. The molecule has 2 saturated heterocycles. The number of amides is 2. The van der Waals surface area contributed by atoms with E-state index in [-0.39, 0.29) is 36.0 Å². The zero-order valence-corrected chi connectivity index (χ0v) is 21.0. The molecular weight excluding hydrogens is 485 g/mol. The predicted octanol–water partition coefficient (Wildman–Crippen LogP) is 2.46. The molecule has 2 aliphatic rings. The van der Waals surface area contributed by atoms with Gasteiger partial charge in [-0.25, -0.2) is 4.39 Å². The molecule has 8 nitrogen and oxygen atoms in total. The number of nitrogens with zero attached hydrogens (tertiary/aromatic N) is 3. The summed E-state index contributed by atoms with van der Waals surface area (Å²) in [6, 6.07) is 8.41. The Labute approximate surface area is 215 Å². The average molecular weight is 516 g/mol. The largest absolute Gasteiger partial charge is 0.387 e. The van der Waals surface area contributed by atoms with Crippen LogP contribution in [-0.2, 0) is 9.59 Å². The quantitative estimate of drug-likeness (QED) is 0.550. The number of likely N-dealkylation sites (tertiary alicyclic amines) is 1. The van der Waals surface area contributed by atoms with E-state index in [0.717, 1.165) is 19.4 Å². The lowest BCUT2D eigenvalue weighted by molar-refractivity contribution is -0.139. The van der Waals surface area contributed by atoms with Crippen LogP contribution in [0.4, 0.5) is 10.1 Å². The summed E-state index contributed by atoms with van der Waals surface area (Å²) in [6.45, 7) is 2.67. The number of halogens is 2. The predicted molar refractivity (Wildman–Crippen MR) is 138 cm³/mol. The lowest BCUT2D eigenvalue weighted by Crippen LogP contribution is -2.59. The number of piperazine rings is 1. The normalized spacial score (nSPS) is 20.4. The molecule has 2 fully saturated rings. The van der Waals surface area contributed by atoms with Crippen LogP contribution in [0, 0.1) is 5.82 Å². The van der Waals surface area contributed by atoms with Crippen molar-refractivity contribution in [3.63, 3.8) is 0 Å². The standard InChI is InChI=1S/C26H31ClFN5O3/c1-30-23-7-4-17(20-6-5-18(27)14-22(20)28)13-21(23)25(35)33-12-11-32(15-19(33)16-34)26(36)24-3-2-9-31(24)10-8-29/h4-7,13-14,16,19,24,30H,2-3,8-12,15,29H2,1H3. The van der Waals surface area contributed by atoms with Crippen molar-refractivity contribution >= 4 is 35.4 Å². The zero-order chi connectivity index (χ0) is 25.8. The Morgan fingerprint density at radius 3 is 2.69 bits per heavy atom. The van der Waals surface area contributed by atoms with Gasteiger partial charge in [-0.3, -0.25) is 14.5 Å². The van der Waals surface area contributed by atoms with Crippen molar-refractivity contribution in [1.29, 1.82) is 0 Å². The minimum atomic E-state index is -0.778. The highest BCUT2D eigenvalue weighted by Gasteiger charge is 2.38. The van der Waals surface area contributed by atoms with E-state index >= 15 is 0 Å². The van der Waals surface area contributed by atoms with Gasteiger partial charge in [-0.15, -0.1) is 0 Å². The van der Waals surface area contributed by atoms with Crippen LogP contribution in [0.3, 0.4) is 0 Å². The SMILES string of the molecule is CNc1ccc(-c2ccc(Cl)cc2F)cc1C(=O)N1CCN(C(=O)C2CCCN2CCN)CC1C=O. The van der Waals surface area contributed by atoms with Gasteiger partial charge in [-0.1, -0.05) is 17.7 Å². The zero-order valence-electron chi connectivity index (χ0n) is 20.3. The molecule has 2 atom stereocenters. The Balaban J connectivity index is 1.55. The van der Waals surface area contributed by atoms with Crippen molar-refractivity contribution in [1.82, 2.24) is 14.7 Å². The third-order valence-corrected chi connectivity index (χ3v) is 7.21. The van der Waals surface area contributed by atoms with Crippen LogP contribution in [0.2, 0.25) is 5.02 Å². The van der Waals surface area contributed by atoms with Crippen LogP contribution < -0.4 is 11.1 Å². The number of aldehydes is 1. The van der Waals surface area contributed by atoms with Crippen molar-refractivity contribution in [2.24, 2.45) is 5.73 Å². The molecule has 2 aliphatic heterocycles. The molecule has 10 heteroatoms. The third-order valence-electron chi connectivity index (χ3n) is 6.97. The molecule has 2 amide bonds. The lowest BCUT2D eigenvalue weighted by atomic mass is 9.99. The molecule has 0 aromatic heterocycles. The van der Waals surface area contributed by atoms with Crippen LogP contribution in [0.25, 0.3) is 11.1 Å². The van der Waals surface area contributed by atoms with Gasteiger partial charge in [0.25, 0.3) is 5.91 Å². The molecule has 192 valence electrons. The van der Waals surface area contributed by atoms with E-state index in [4.69, 9.17) is 17.3 Å². The van der Waals surface area contributed by atoms with Crippen LogP contribution >= 0.6 is 11.6 Å². The highest BCUT2D eigenvalue weighted by molar-refractivity contribution is 6.30. The highest BCUT2D eigenvalue weighted by atomic mass is 35.5. The Kier molecular flexibility index (Phi) is 8.23. The van der Waals surface area contributed by atoms with Crippen molar-refractivity contribution in [2.75, 3.05) is 51.6 Å². The van der Waals surface area contributed by atoms with Crippen molar-refractivity contribution in [3.8, 4) is 11.1 Å². The number of hydrogen-bond acceptors (Lipinski definition) is 6. The molecule has 2 aromatic rings. The molecule has 0 spiro atoms. The first-order valence-electron chi connectivity index (χ1n) is 12.1. The summed E-state index contributed by atoms with van der Waals surface area (Å²) in [5.74, 6) is -0.868. The number of anilines is 1. The topological polar surface area (TPSA) is 99.0 Å². The Morgan fingerprint density at radius 2 is 2.00 bits per heavy atom. The molecule has 0 saturated carbocycles. The number of nitrogens with two attached hydrogens (primary N) is 1. The van der Waals surface area contributed by atoms with Crippen molar-refractivity contribution in [3.05, 3.63) is 52.8 Å². The van der Waals surface area contributed by atoms with Gasteiger partial charge in [0.2, 0.25) is 5.91 Å². The second-order valence-electron chi connectivity index (χ2n) is 9.10. The monoisotopic (exact) mass is 515 g/mol. The smallest absolute Gasteiger partial charge is 0.256 e. The summed E-state index contributed by atoms with van der Waals surface area (Å²) in [7, 11) is 1.69. The van der Waals surface area contributed by atoms with Crippen LogP contribution in [0.1, 0.15) is 23.2 Å². The summed E-state index contributed by atoms with van der Waals surface area (Å²) in [6.07, 6.45) is 2.41. The number of nitrogens with one attached hydrogen (secondary N) is 1. The Bertz CT molecular complexity index is 1150. The summed E-state index contributed by atoms with van der Waals surface area (Å²) >= 11 is 5.89. The summed E-state index contributed by atoms with van der Waals surface area (Å²) in [5, 5.41) is 3.28. The van der Waals surface area contributed by atoms with Crippen LogP contribution in [0.5, 0.6) is 0 Å². The fourth-order valence-corrected chi connectivity index (χ4v) is 5.27. The number of carbonyl (C=O) groups excluding carboxylic acids is 3. The summed E-state index contributed by atoms with van der Waals surface area (Å²) in [5.41, 5.74) is 7.41. The first kappa shape index (κ1) is 26.1.